The number of benzene rings is 4. The van der Waals surface area contributed by atoms with Gasteiger partial charge in [-0.2, -0.15) is 18.0 Å². The van der Waals surface area contributed by atoms with E-state index >= 15 is 17.7 Å². The van der Waals surface area contributed by atoms with Crippen LogP contribution in [0.2, 0.25) is 0 Å². The summed E-state index contributed by atoms with van der Waals surface area (Å²) in [4.78, 5) is 0.740. The van der Waals surface area contributed by atoms with Crippen molar-refractivity contribution in [1.82, 2.24) is 24.5 Å². The molecule has 0 aliphatic carbocycles. The zero-order valence-electron chi connectivity index (χ0n) is 29.9. The minimum absolute atomic E-state index is 0.0196. The monoisotopic (exact) mass is 749 g/mol. The zero-order valence-corrected chi connectivity index (χ0v) is 30.7. The molecule has 278 valence electrons. The molecule has 0 amide bonds. The fraction of sp³-hybridized carbons (Fsp3) is 0.324. The van der Waals surface area contributed by atoms with Crippen LogP contribution < -0.4 is 19.7 Å². The lowest BCUT2D eigenvalue weighted by atomic mass is 9.72. The Hall–Kier alpha value is -4.61. The number of tetrazole rings is 1. The van der Waals surface area contributed by atoms with Crippen molar-refractivity contribution in [3.05, 3.63) is 107 Å². The van der Waals surface area contributed by atoms with Crippen LogP contribution in [0.5, 0.6) is 17.2 Å². The molecule has 1 unspecified atom stereocenters. The molecular formula is C37H39BF3N5O6S. The summed E-state index contributed by atoms with van der Waals surface area (Å²) >= 11 is -2.46. The second-order valence-electron chi connectivity index (χ2n) is 13.3. The Kier molecular flexibility index (Phi) is 11.6. The molecule has 4 aromatic carbocycles. The van der Waals surface area contributed by atoms with Crippen LogP contribution in [-0.4, -0.2) is 70.7 Å². The Morgan fingerprint density at radius 3 is 1.75 bits per heavy atom. The summed E-state index contributed by atoms with van der Waals surface area (Å²) in [6.07, 6.45) is -4.90. The van der Waals surface area contributed by atoms with Gasteiger partial charge in [-0.1, -0.05) is 56.3 Å². The molecular weight excluding hydrogens is 710 g/mol. The van der Waals surface area contributed by atoms with E-state index in [-0.39, 0.29) is 55.1 Å². The van der Waals surface area contributed by atoms with E-state index in [0.29, 0.717) is 28.4 Å². The number of halogens is 3. The van der Waals surface area contributed by atoms with E-state index < -0.39 is 35.1 Å². The van der Waals surface area contributed by atoms with Gasteiger partial charge in [-0.15, -0.1) is 14.5 Å². The van der Waals surface area contributed by atoms with Crippen LogP contribution in [0, 0.1) is 5.41 Å². The normalized spacial score (nSPS) is 15.0. The fourth-order valence-electron chi connectivity index (χ4n) is 5.78. The van der Waals surface area contributed by atoms with Gasteiger partial charge < -0.3 is 28.1 Å². The number of hydrogen-bond donors (Lipinski definition) is 0. The maximum absolute atomic E-state index is 15.1. The van der Waals surface area contributed by atoms with Crippen LogP contribution in [0.4, 0.5) is 13.2 Å². The Morgan fingerprint density at radius 2 is 1.28 bits per heavy atom. The lowest BCUT2D eigenvalue weighted by molar-refractivity contribution is -0.139. The number of rotatable bonds is 13. The number of hydrogen-bond acceptors (Lipinski definition) is 10. The second-order valence-corrected chi connectivity index (χ2v) is 14.7. The third-order valence-electron chi connectivity index (χ3n) is 8.60. The Bertz CT molecular complexity index is 1920. The summed E-state index contributed by atoms with van der Waals surface area (Å²) in [5.41, 5.74) is 0.836. The third-order valence-corrected chi connectivity index (χ3v) is 10.1. The highest BCUT2D eigenvalue weighted by atomic mass is 32.2. The second kappa shape index (κ2) is 16.2. The predicted octanol–water partition coefficient (Wildman–Crippen LogP) is 5.93. The van der Waals surface area contributed by atoms with Crippen molar-refractivity contribution in [2.75, 3.05) is 34.5 Å². The molecule has 1 atom stereocenters. The summed E-state index contributed by atoms with van der Waals surface area (Å²) in [6.45, 7) is 4.66. The highest BCUT2D eigenvalue weighted by molar-refractivity contribution is 7.89. The van der Waals surface area contributed by atoms with Crippen molar-refractivity contribution in [2.45, 2.75) is 44.6 Å². The van der Waals surface area contributed by atoms with E-state index in [0.717, 1.165) is 11.6 Å². The molecule has 1 saturated heterocycles. The summed E-state index contributed by atoms with van der Waals surface area (Å²) in [5.74, 6) is 1.70. The molecule has 2 heterocycles. The lowest BCUT2D eigenvalue weighted by Gasteiger charge is -2.34. The quantitative estimate of drug-likeness (QED) is 0.106. The topological polar surface area (TPSA) is 116 Å². The molecule has 0 saturated carbocycles. The molecule has 0 bridgehead atoms. The first-order valence-electron chi connectivity index (χ1n) is 16.7. The molecule has 1 aliphatic heterocycles. The van der Waals surface area contributed by atoms with Gasteiger partial charge in [0.25, 0.3) is 0 Å². The SMILES string of the molecule is COc1ccc(CN(Cc2ccc(OC)cc2)[S+]([O-])c2c(C(F)(F)F)ccc(B3OCC(C)(C)CO3)c2-c2nnn(Cc3ccc(OC)cc3)n2)cc1. The Morgan fingerprint density at radius 1 is 0.792 bits per heavy atom. The van der Waals surface area contributed by atoms with Gasteiger partial charge in [0.1, 0.15) is 22.8 Å². The van der Waals surface area contributed by atoms with Gasteiger partial charge in [-0.05, 0) is 69.8 Å². The van der Waals surface area contributed by atoms with Gasteiger partial charge in [0.15, 0.2) is 4.90 Å². The van der Waals surface area contributed by atoms with Crippen molar-refractivity contribution in [1.29, 1.82) is 0 Å². The van der Waals surface area contributed by atoms with Crippen LogP contribution in [0.25, 0.3) is 11.4 Å². The molecule has 6 rings (SSSR count). The van der Waals surface area contributed by atoms with Gasteiger partial charge in [-0.3, -0.25) is 0 Å². The molecule has 1 aromatic heterocycles. The van der Waals surface area contributed by atoms with E-state index in [1.54, 1.807) is 67.8 Å². The maximum atomic E-state index is 15.1. The number of methoxy groups -OCH3 is 3. The molecule has 1 aliphatic rings. The fourth-order valence-corrected chi connectivity index (χ4v) is 7.32. The molecule has 0 radical (unpaired) electrons. The molecule has 0 spiro atoms. The van der Waals surface area contributed by atoms with E-state index in [2.05, 4.69) is 15.4 Å². The first-order chi connectivity index (χ1) is 25.4. The smallest absolute Gasteiger partial charge is 0.494 e. The summed E-state index contributed by atoms with van der Waals surface area (Å²) in [6, 6.07) is 23.4. The van der Waals surface area contributed by atoms with Crippen LogP contribution >= 0.6 is 0 Å². The number of aromatic nitrogens is 4. The molecule has 11 nitrogen and oxygen atoms in total. The lowest BCUT2D eigenvalue weighted by Crippen LogP contribution is -2.48. The predicted molar refractivity (Wildman–Crippen MR) is 193 cm³/mol. The Balaban J connectivity index is 1.49. The number of nitrogens with zero attached hydrogens (tertiary/aromatic N) is 5. The van der Waals surface area contributed by atoms with Crippen LogP contribution in [0.3, 0.4) is 0 Å². The minimum atomic E-state index is -4.90. The summed E-state index contributed by atoms with van der Waals surface area (Å²) < 4.78 is 89.9. The van der Waals surface area contributed by atoms with Crippen LogP contribution in [0.15, 0.2) is 89.8 Å². The summed E-state index contributed by atoms with van der Waals surface area (Å²) in [7, 11) is 3.55. The van der Waals surface area contributed by atoms with Crippen molar-refractivity contribution in [2.24, 2.45) is 5.41 Å². The molecule has 16 heteroatoms. The highest BCUT2D eigenvalue weighted by Crippen LogP contribution is 2.40. The van der Waals surface area contributed by atoms with Gasteiger partial charge in [-0.25, -0.2) is 0 Å². The van der Waals surface area contributed by atoms with Crippen molar-refractivity contribution < 1.29 is 41.2 Å². The van der Waals surface area contributed by atoms with Crippen molar-refractivity contribution >= 4 is 23.9 Å². The third kappa shape index (κ3) is 9.14. The first kappa shape index (κ1) is 38.1. The van der Waals surface area contributed by atoms with Gasteiger partial charge in [0, 0.05) is 18.6 Å². The molecule has 53 heavy (non-hydrogen) atoms. The molecule has 5 aromatic rings. The zero-order chi connectivity index (χ0) is 37.8. The van der Waals surface area contributed by atoms with Crippen molar-refractivity contribution in [3.63, 3.8) is 0 Å². The van der Waals surface area contributed by atoms with Crippen molar-refractivity contribution in [3.8, 4) is 28.6 Å². The maximum Gasteiger partial charge on any atom is 0.494 e. The number of ether oxygens (including phenoxy) is 3. The van der Waals surface area contributed by atoms with E-state index in [9.17, 15) is 0 Å². The average Bonchev–Trinajstić information content (AvgIpc) is 3.62. The molecule has 1 fully saturated rings. The van der Waals surface area contributed by atoms with Gasteiger partial charge in [0.2, 0.25) is 5.82 Å². The van der Waals surface area contributed by atoms with E-state index in [4.69, 9.17) is 23.5 Å². The minimum Gasteiger partial charge on any atom is -0.593 e. The largest absolute Gasteiger partial charge is 0.593 e. The first-order valence-corrected chi connectivity index (χ1v) is 17.8. The van der Waals surface area contributed by atoms with Gasteiger partial charge in [0.05, 0.1) is 57.9 Å². The highest BCUT2D eigenvalue weighted by Gasteiger charge is 2.46. The van der Waals surface area contributed by atoms with Crippen LogP contribution in [0.1, 0.15) is 36.1 Å². The molecule has 0 N–H and O–H groups in total. The van der Waals surface area contributed by atoms with Gasteiger partial charge >= 0.3 is 13.3 Å². The number of alkyl halides is 3. The van der Waals surface area contributed by atoms with E-state index in [1.165, 1.54) is 29.4 Å². The average molecular weight is 750 g/mol. The van der Waals surface area contributed by atoms with E-state index in [1.807, 2.05) is 26.0 Å². The summed E-state index contributed by atoms with van der Waals surface area (Å²) in [5, 5.41) is 13.0. The van der Waals surface area contributed by atoms with Crippen LogP contribution in [-0.2, 0) is 46.5 Å². The standard InChI is InChI=1S/C37H39BF3N5O6S/c1-36(2)23-51-38(52-24-36)32-19-18-31(37(39,40)41)34(33(32)35-42-44-46(43-35)22-27-10-16-30(50-5)17-11-27)53(47)45(20-25-6-12-28(48-3)13-7-25)21-26-8-14-29(49-4)15-9-26/h6-19H,20-24H2,1-5H3. The Labute approximate surface area is 309 Å².